The number of ether oxygens (including phenoxy) is 1. The van der Waals surface area contributed by atoms with Crippen LogP contribution in [0.25, 0.3) is 0 Å². The van der Waals surface area contributed by atoms with Crippen molar-refractivity contribution in [3.05, 3.63) is 29.8 Å². The summed E-state index contributed by atoms with van der Waals surface area (Å²) in [6.07, 6.45) is 2.74. The van der Waals surface area contributed by atoms with Gasteiger partial charge in [0.25, 0.3) is 5.91 Å². The molecule has 6 heteroatoms. The second kappa shape index (κ2) is 10.2. The molecule has 0 aromatic heterocycles. The molecule has 6 nitrogen and oxygen atoms in total. The predicted octanol–water partition coefficient (Wildman–Crippen LogP) is 3.40. The molecule has 2 amide bonds. The van der Waals surface area contributed by atoms with E-state index in [1.165, 1.54) is 0 Å². The fourth-order valence-corrected chi connectivity index (χ4v) is 3.48. The third-order valence-corrected chi connectivity index (χ3v) is 5.53. The van der Waals surface area contributed by atoms with E-state index < -0.39 is 11.9 Å². The maximum absolute atomic E-state index is 12.6. The minimum atomic E-state index is -0.543. The van der Waals surface area contributed by atoms with Gasteiger partial charge in [-0.05, 0) is 36.8 Å². The van der Waals surface area contributed by atoms with Crippen molar-refractivity contribution in [2.75, 3.05) is 18.1 Å². The Hall–Kier alpha value is -2.37. The topological polar surface area (TPSA) is 75.7 Å². The predicted molar refractivity (Wildman–Crippen MR) is 109 cm³/mol. The summed E-state index contributed by atoms with van der Waals surface area (Å²) in [6.45, 7) is 8.22. The van der Waals surface area contributed by atoms with Crippen LogP contribution in [0.3, 0.4) is 0 Å². The van der Waals surface area contributed by atoms with Crippen LogP contribution >= 0.6 is 0 Å². The molecule has 1 aliphatic rings. The van der Waals surface area contributed by atoms with Gasteiger partial charge in [-0.15, -0.1) is 0 Å². The average molecular weight is 389 g/mol. The van der Waals surface area contributed by atoms with E-state index >= 15 is 0 Å². The number of nitrogens with zero attached hydrogens (tertiary/aromatic N) is 1. The molecule has 1 heterocycles. The molecule has 0 bridgehead atoms. The summed E-state index contributed by atoms with van der Waals surface area (Å²) in [7, 11) is 0. The van der Waals surface area contributed by atoms with Crippen molar-refractivity contribution in [2.45, 2.75) is 65.3 Å². The lowest BCUT2D eigenvalue weighted by atomic mass is 9.96. The summed E-state index contributed by atoms with van der Waals surface area (Å²) in [6, 6.07) is 7.92. The highest BCUT2D eigenvalue weighted by Crippen LogP contribution is 2.33. The number of nitrogens with one attached hydrogen (secondary N) is 1. The summed E-state index contributed by atoms with van der Waals surface area (Å²) < 4.78 is 5.18. The van der Waals surface area contributed by atoms with Gasteiger partial charge in [-0.25, -0.2) is 0 Å². The van der Waals surface area contributed by atoms with Crippen LogP contribution in [0.4, 0.5) is 5.69 Å². The Morgan fingerprint density at radius 3 is 2.50 bits per heavy atom. The van der Waals surface area contributed by atoms with Crippen molar-refractivity contribution in [1.82, 2.24) is 5.32 Å². The lowest BCUT2D eigenvalue weighted by Crippen LogP contribution is -2.37. The zero-order chi connectivity index (χ0) is 20.7. The van der Waals surface area contributed by atoms with Crippen molar-refractivity contribution in [1.29, 1.82) is 0 Å². The van der Waals surface area contributed by atoms with E-state index in [0.717, 1.165) is 30.5 Å². The van der Waals surface area contributed by atoms with Crippen molar-refractivity contribution in [3.63, 3.8) is 0 Å². The van der Waals surface area contributed by atoms with E-state index in [0.29, 0.717) is 12.5 Å². The van der Waals surface area contributed by atoms with Crippen molar-refractivity contribution < 1.29 is 19.1 Å². The Morgan fingerprint density at radius 2 is 1.86 bits per heavy atom. The molecule has 1 aromatic carbocycles. The first-order valence-electron chi connectivity index (χ1n) is 10.3. The molecule has 0 aliphatic carbocycles. The Balaban J connectivity index is 1.97. The minimum absolute atomic E-state index is 0.0841. The van der Waals surface area contributed by atoms with Gasteiger partial charge in [-0.1, -0.05) is 45.9 Å². The third kappa shape index (κ3) is 5.33. The fourth-order valence-electron chi connectivity index (χ4n) is 3.48. The van der Waals surface area contributed by atoms with E-state index in [2.05, 4.69) is 19.2 Å². The first kappa shape index (κ1) is 21.9. The molecule has 0 saturated carbocycles. The summed E-state index contributed by atoms with van der Waals surface area (Å²) in [4.78, 5) is 38.5. The third-order valence-electron chi connectivity index (χ3n) is 5.53. The van der Waals surface area contributed by atoms with Crippen molar-refractivity contribution in [2.24, 2.45) is 5.92 Å². The van der Waals surface area contributed by atoms with Crippen molar-refractivity contribution in [3.8, 4) is 0 Å². The Bertz CT molecular complexity index is 700. The van der Waals surface area contributed by atoms with Gasteiger partial charge in [-0.3, -0.25) is 14.4 Å². The number of rotatable bonds is 9. The first-order valence-corrected chi connectivity index (χ1v) is 10.3. The summed E-state index contributed by atoms with van der Waals surface area (Å²) in [5, 5.41) is 2.84. The number of hydrogen-bond donors (Lipinski definition) is 1. The number of amides is 2. The number of carbonyl (C=O) groups excluding carboxylic acids is 3. The number of esters is 1. The Labute approximate surface area is 167 Å². The highest BCUT2D eigenvalue weighted by molar-refractivity contribution is 6.00. The standard InChI is InChI=1S/C22H32N2O4/c1-5-15(4)18-10-8-9-11-19(18)24-13-16(12-21(24)26)22(27)28-14-20(25)23-17(6-2)7-3/h8-11,15-17H,5-7,12-14H2,1-4H3,(H,23,25)/t15-,16+/m0/s1. The van der Waals surface area contributed by atoms with Gasteiger partial charge < -0.3 is 15.0 Å². The molecule has 1 N–H and O–H groups in total. The molecule has 0 unspecified atom stereocenters. The molecule has 0 spiro atoms. The highest BCUT2D eigenvalue weighted by atomic mass is 16.5. The summed E-state index contributed by atoms with van der Waals surface area (Å²) in [5.41, 5.74) is 1.97. The van der Waals surface area contributed by atoms with Gasteiger partial charge in [0.05, 0.1) is 5.92 Å². The van der Waals surface area contributed by atoms with Gasteiger partial charge >= 0.3 is 5.97 Å². The van der Waals surface area contributed by atoms with Crippen LogP contribution in [0.15, 0.2) is 24.3 Å². The number of para-hydroxylation sites is 1. The molecular weight excluding hydrogens is 356 g/mol. The minimum Gasteiger partial charge on any atom is -0.455 e. The monoisotopic (exact) mass is 388 g/mol. The fraction of sp³-hybridized carbons (Fsp3) is 0.591. The number of anilines is 1. The average Bonchev–Trinajstić information content (AvgIpc) is 3.11. The van der Waals surface area contributed by atoms with E-state index in [1.54, 1.807) is 4.90 Å². The molecule has 1 saturated heterocycles. The van der Waals surface area contributed by atoms with Crippen LogP contribution in [-0.2, 0) is 19.1 Å². The van der Waals surface area contributed by atoms with Crippen LogP contribution in [0.2, 0.25) is 0 Å². The molecule has 28 heavy (non-hydrogen) atoms. The van der Waals surface area contributed by atoms with Gasteiger partial charge in [0.15, 0.2) is 6.61 Å². The number of benzene rings is 1. The van der Waals surface area contributed by atoms with E-state index in [-0.39, 0.29) is 30.9 Å². The lowest BCUT2D eigenvalue weighted by Gasteiger charge is -2.23. The Morgan fingerprint density at radius 1 is 1.18 bits per heavy atom. The van der Waals surface area contributed by atoms with Crippen LogP contribution in [-0.4, -0.2) is 37.0 Å². The molecule has 1 aliphatic heterocycles. The second-order valence-corrected chi connectivity index (χ2v) is 7.46. The molecule has 2 atom stereocenters. The Kier molecular flexibility index (Phi) is 8.03. The normalized spacial score (nSPS) is 17.7. The quantitative estimate of drug-likeness (QED) is 0.658. The zero-order valence-corrected chi connectivity index (χ0v) is 17.4. The van der Waals surface area contributed by atoms with Crippen LogP contribution in [0.1, 0.15) is 64.9 Å². The molecular formula is C22H32N2O4. The summed E-state index contributed by atoms with van der Waals surface area (Å²) in [5.74, 6) is -1.09. The van der Waals surface area contributed by atoms with Crippen LogP contribution in [0.5, 0.6) is 0 Å². The largest absolute Gasteiger partial charge is 0.455 e. The van der Waals surface area contributed by atoms with Gasteiger partial charge in [0.1, 0.15) is 0 Å². The van der Waals surface area contributed by atoms with E-state index in [4.69, 9.17) is 4.74 Å². The maximum Gasteiger partial charge on any atom is 0.311 e. The number of carbonyl (C=O) groups is 3. The van der Waals surface area contributed by atoms with Crippen molar-refractivity contribution >= 4 is 23.5 Å². The van der Waals surface area contributed by atoms with Gasteiger partial charge in [0, 0.05) is 24.7 Å². The van der Waals surface area contributed by atoms with E-state index in [1.807, 2.05) is 38.1 Å². The second-order valence-electron chi connectivity index (χ2n) is 7.46. The SMILES string of the molecule is CCC(CC)NC(=O)COC(=O)[C@@H]1CC(=O)N(c2ccccc2[C@@H](C)CC)C1. The summed E-state index contributed by atoms with van der Waals surface area (Å²) >= 11 is 0. The first-order chi connectivity index (χ1) is 13.4. The van der Waals surface area contributed by atoms with Gasteiger partial charge in [-0.2, -0.15) is 0 Å². The molecule has 1 fully saturated rings. The van der Waals surface area contributed by atoms with Gasteiger partial charge in [0.2, 0.25) is 5.91 Å². The smallest absolute Gasteiger partial charge is 0.311 e. The number of hydrogen-bond acceptors (Lipinski definition) is 4. The maximum atomic E-state index is 12.6. The molecule has 2 rings (SSSR count). The zero-order valence-electron chi connectivity index (χ0n) is 17.4. The molecule has 0 radical (unpaired) electrons. The van der Waals surface area contributed by atoms with Crippen LogP contribution < -0.4 is 10.2 Å². The molecule has 154 valence electrons. The van der Waals surface area contributed by atoms with E-state index in [9.17, 15) is 14.4 Å². The van der Waals surface area contributed by atoms with Crippen LogP contribution in [0, 0.1) is 5.92 Å². The molecule has 1 aromatic rings. The lowest BCUT2D eigenvalue weighted by molar-refractivity contribution is -0.152. The highest BCUT2D eigenvalue weighted by Gasteiger charge is 2.37.